The first kappa shape index (κ1) is 13.4. The Morgan fingerprint density at radius 2 is 1.89 bits per heavy atom. The van der Waals surface area contributed by atoms with E-state index in [2.05, 4.69) is 5.43 Å². The Balaban J connectivity index is 1.84. The van der Waals surface area contributed by atoms with Gasteiger partial charge in [0, 0.05) is 16.6 Å². The van der Waals surface area contributed by atoms with Crippen molar-refractivity contribution in [3.8, 4) is 0 Å². The van der Waals surface area contributed by atoms with Gasteiger partial charge in [-0.05, 0) is 30.5 Å². The van der Waals surface area contributed by atoms with Crippen LogP contribution in [0.3, 0.4) is 0 Å². The van der Waals surface area contributed by atoms with E-state index in [0.29, 0.717) is 5.56 Å². The molecule has 1 aromatic rings. The lowest BCUT2D eigenvalue weighted by Gasteiger charge is -2.20. The lowest BCUT2D eigenvalue weighted by molar-refractivity contribution is 0.0953. The fourth-order valence-electron chi connectivity index (χ4n) is 2.28. The second kappa shape index (κ2) is 6.81. The molecule has 0 unspecified atom stereocenters. The van der Waals surface area contributed by atoms with Crippen molar-refractivity contribution < 1.29 is 4.79 Å². The maximum atomic E-state index is 11.3. The van der Waals surface area contributed by atoms with Crippen LogP contribution in [0.15, 0.2) is 24.3 Å². The highest BCUT2D eigenvalue weighted by atomic mass is 32.2. The molecule has 0 atom stereocenters. The van der Waals surface area contributed by atoms with E-state index in [1.54, 1.807) is 0 Å². The maximum Gasteiger partial charge on any atom is 0.265 e. The van der Waals surface area contributed by atoms with Crippen molar-refractivity contribution in [2.45, 2.75) is 43.1 Å². The van der Waals surface area contributed by atoms with E-state index in [4.69, 9.17) is 5.84 Å². The lowest BCUT2D eigenvalue weighted by Crippen LogP contribution is -2.29. The number of carbonyl (C=O) groups is 1. The number of nitrogen functional groups attached to an aromatic ring is 1. The summed E-state index contributed by atoms with van der Waals surface area (Å²) in [6.45, 7) is 0. The summed E-state index contributed by atoms with van der Waals surface area (Å²) in [5.74, 6) is 5.90. The number of thioether (sulfide) groups is 1. The van der Waals surface area contributed by atoms with Crippen molar-refractivity contribution >= 4 is 17.7 Å². The molecule has 2 rings (SSSR count). The van der Waals surface area contributed by atoms with Gasteiger partial charge in [0.2, 0.25) is 0 Å². The first-order chi connectivity index (χ1) is 8.79. The van der Waals surface area contributed by atoms with E-state index in [-0.39, 0.29) is 5.91 Å². The molecule has 1 aromatic carbocycles. The number of benzene rings is 1. The molecule has 0 aliphatic heterocycles. The number of amides is 1. The first-order valence-electron chi connectivity index (χ1n) is 6.51. The van der Waals surface area contributed by atoms with Crippen LogP contribution in [0.1, 0.15) is 48.0 Å². The Morgan fingerprint density at radius 3 is 2.50 bits per heavy atom. The summed E-state index contributed by atoms with van der Waals surface area (Å²) in [7, 11) is 0. The van der Waals surface area contributed by atoms with Crippen LogP contribution in [-0.4, -0.2) is 11.2 Å². The number of rotatable bonds is 4. The standard InChI is InChI=1S/C14H20N2OS/c15-16-14(17)12-8-6-11(7-9-12)10-18-13-4-2-1-3-5-13/h6-9,13H,1-5,10,15H2,(H,16,17). The van der Waals surface area contributed by atoms with Gasteiger partial charge < -0.3 is 0 Å². The molecule has 0 saturated heterocycles. The van der Waals surface area contributed by atoms with E-state index in [9.17, 15) is 4.79 Å². The van der Waals surface area contributed by atoms with Gasteiger partial charge >= 0.3 is 0 Å². The third-order valence-corrected chi connectivity index (χ3v) is 4.83. The average Bonchev–Trinajstić information content (AvgIpc) is 2.46. The molecule has 1 saturated carbocycles. The van der Waals surface area contributed by atoms with Crippen molar-refractivity contribution in [2.75, 3.05) is 0 Å². The lowest BCUT2D eigenvalue weighted by atomic mass is 10.0. The van der Waals surface area contributed by atoms with Crippen LogP contribution >= 0.6 is 11.8 Å². The smallest absolute Gasteiger partial charge is 0.265 e. The minimum atomic E-state index is -0.235. The average molecular weight is 264 g/mol. The summed E-state index contributed by atoms with van der Waals surface area (Å²) >= 11 is 2.05. The molecule has 0 bridgehead atoms. The molecule has 4 heteroatoms. The second-order valence-electron chi connectivity index (χ2n) is 4.74. The molecule has 1 aliphatic carbocycles. The zero-order chi connectivity index (χ0) is 12.8. The zero-order valence-corrected chi connectivity index (χ0v) is 11.3. The van der Waals surface area contributed by atoms with Crippen LogP contribution in [0.5, 0.6) is 0 Å². The highest BCUT2D eigenvalue weighted by Gasteiger charge is 2.13. The van der Waals surface area contributed by atoms with Gasteiger partial charge in [0.25, 0.3) is 5.91 Å². The molecule has 0 radical (unpaired) electrons. The van der Waals surface area contributed by atoms with Crippen molar-refractivity contribution in [3.05, 3.63) is 35.4 Å². The van der Waals surface area contributed by atoms with E-state index < -0.39 is 0 Å². The minimum absolute atomic E-state index is 0.235. The molecule has 0 aromatic heterocycles. The van der Waals surface area contributed by atoms with Crippen LogP contribution in [0.2, 0.25) is 0 Å². The summed E-state index contributed by atoms with van der Waals surface area (Å²) in [5, 5.41) is 0.825. The Morgan fingerprint density at radius 1 is 1.22 bits per heavy atom. The molecular formula is C14H20N2OS. The van der Waals surface area contributed by atoms with Crippen LogP contribution in [-0.2, 0) is 5.75 Å². The minimum Gasteiger partial charge on any atom is -0.290 e. The summed E-state index contributed by atoms with van der Waals surface area (Å²) in [5.41, 5.74) is 4.03. The predicted molar refractivity (Wildman–Crippen MR) is 76.3 cm³/mol. The van der Waals surface area contributed by atoms with Gasteiger partial charge in [0.1, 0.15) is 0 Å². The van der Waals surface area contributed by atoms with Gasteiger partial charge in [0.05, 0.1) is 0 Å². The molecular weight excluding hydrogens is 244 g/mol. The Labute approximate surface area is 112 Å². The maximum absolute atomic E-state index is 11.3. The number of carbonyl (C=O) groups excluding carboxylic acids is 1. The molecule has 3 N–H and O–H groups in total. The number of nitrogens with two attached hydrogens (primary N) is 1. The van der Waals surface area contributed by atoms with Gasteiger partial charge in [-0.25, -0.2) is 5.84 Å². The summed E-state index contributed by atoms with van der Waals surface area (Å²) < 4.78 is 0. The zero-order valence-electron chi connectivity index (χ0n) is 10.5. The fourth-order valence-corrected chi connectivity index (χ4v) is 3.57. The monoisotopic (exact) mass is 264 g/mol. The topological polar surface area (TPSA) is 55.1 Å². The van der Waals surface area contributed by atoms with Gasteiger partial charge in [-0.15, -0.1) is 0 Å². The fraction of sp³-hybridized carbons (Fsp3) is 0.500. The molecule has 3 nitrogen and oxygen atoms in total. The summed E-state index contributed by atoms with van der Waals surface area (Å²) in [4.78, 5) is 11.3. The van der Waals surface area contributed by atoms with Crippen LogP contribution in [0.25, 0.3) is 0 Å². The molecule has 1 aliphatic rings. The van der Waals surface area contributed by atoms with Crippen molar-refractivity contribution in [1.29, 1.82) is 0 Å². The SMILES string of the molecule is NNC(=O)c1ccc(CSC2CCCCC2)cc1. The van der Waals surface area contributed by atoms with Crippen LogP contribution < -0.4 is 11.3 Å². The number of hydrogen-bond donors (Lipinski definition) is 2. The Hall–Kier alpha value is -1.00. The first-order valence-corrected chi connectivity index (χ1v) is 7.56. The molecule has 18 heavy (non-hydrogen) atoms. The van der Waals surface area contributed by atoms with E-state index in [1.807, 2.05) is 36.0 Å². The van der Waals surface area contributed by atoms with Gasteiger partial charge in [0.15, 0.2) is 0 Å². The van der Waals surface area contributed by atoms with Crippen molar-refractivity contribution in [2.24, 2.45) is 5.84 Å². The highest BCUT2D eigenvalue weighted by Crippen LogP contribution is 2.30. The largest absolute Gasteiger partial charge is 0.290 e. The second-order valence-corrected chi connectivity index (χ2v) is 6.03. The molecule has 1 amide bonds. The van der Waals surface area contributed by atoms with E-state index in [0.717, 1.165) is 11.0 Å². The van der Waals surface area contributed by atoms with Crippen LogP contribution in [0, 0.1) is 0 Å². The molecule has 98 valence electrons. The normalized spacial score (nSPS) is 16.5. The van der Waals surface area contributed by atoms with Crippen molar-refractivity contribution in [1.82, 2.24) is 5.43 Å². The van der Waals surface area contributed by atoms with E-state index >= 15 is 0 Å². The number of nitrogens with one attached hydrogen (secondary N) is 1. The molecule has 0 heterocycles. The van der Waals surface area contributed by atoms with Gasteiger partial charge in [-0.2, -0.15) is 11.8 Å². The van der Waals surface area contributed by atoms with Gasteiger partial charge in [-0.1, -0.05) is 31.4 Å². The molecule has 1 fully saturated rings. The van der Waals surface area contributed by atoms with E-state index in [1.165, 1.54) is 37.7 Å². The Kier molecular flexibility index (Phi) is 5.08. The highest BCUT2D eigenvalue weighted by molar-refractivity contribution is 7.99. The predicted octanol–water partition coefficient (Wildman–Crippen LogP) is 2.86. The third kappa shape index (κ3) is 3.75. The van der Waals surface area contributed by atoms with Gasteiger partial charge in [-0.3, -0.25) is 10.2 Å². The summed E-state index contributed by atoms with van der Waals surface area (Å²) in [6.07, 6.45) is 6.89. The number of hydrazine groups is 1. The van der Waals surface area contributed by atoms with Crippen molar-refractivity contribution in [3.63, 3.8) is 0 Å². The molecule has 0 spiro atoms. The summed E-state index contributed by atoms with van der Waals surface area (Å²) in [6, 6.07) is 7.69. The van der Waals surface area contributed by atoms with Crippen LogP contribution in [0.4, 0.5) is 0 Å². The quantitative estimate of drug-likeness (QED) is 0.499. The Bertz CT molecular complexity index is 385. The third-order valence-electron chi connectivity index (χ3n) is 3.39. The number of hydrogen-bond acceptors (Lipinski definition) is 3.